The van der Waals surface area contributed by atoms with Crippen LogP contribution < -0.4 is 5.32 Å². The summed E-state index contributed by atoms with van der Waals surface area (Å²) < 4.78 is 5.06. The summed E-state index contributed by atoms with van der Waals surface area (Å²) in [4.78, 5) is 25.4. The highest BCUT2D eigenvalue weighted by molar-refractivity contribution is 5.96. The fourth-order valence-electron chi connectivity index (χ4n) is 2.12. The maximum Gasteiger partial charge on any atom is 0.254 e. The van der Waals surface area contributed by atoms with E-state index in [0.717, 1.165) is 12.0 Å². The number of methoxy groups -OCH3 is 1. The molecule has 2 rings (SSSR count). The number of benzene rings is 1. The zero-order valence-corrected chi connectivity index (χ0v) is 11.0. The van der Waals surface area contributed by atoms with Gasteiger partial charge in [0.2, 0.25) is 5.91 Å². The van der Waals surface area contributed by atoms with Gasteiger partial charge in [0.15, 0.2) is 0 Å². The quantitative estimate of drug-likeness (QED) is 0.876. The van der Waals surface area contributed by atoms with Crippen LogP contribution in [0, 0.1) is 0 Å². The third-order valence-electron chi connectivity index (χ3n) is 3.03. The summed E-state index contributed by atoms with van der Waals surface area (Å²) in [6.07, 6.45) is 0.787. The first-order valence-corrected chi connectivity index (χ1v) is 6.34. The van der Waals surface area contributed by atoms with E-state index in [1.54, 1.807) is 18.1 Å². The molecule has 0 spiro atoms. The Morgan fingerprint density at radius 1 is 1.47 bits per heavy atom. The Kier molecular flexibility index (Phi) is 4.52. The van der Waals surface area contributed by atoms with Crippen LogP contribution in [0.15, 0.2) is 24.3 Å². The van der Waals surface area contributed by atoms with Crippen LogP contribution in [0.4, 0.5) is 0 Å². The van der Waals surface area contributed by atoms with Crippen LogP contribution in [0.3, 0.4) is 0 Å². The zero-order chi connectivity index (χ0) is 13.7. The summed E-state index contributed by atoms with van der Waals surface area (Å²) >= 11 is 0. The van der Waals surface area contributed by atoms with Crippen LogP contribution in [0.5, 0.6) is 0 Å². The van der Waals surface area contributed by atoms with E-state index >= 15 is 0 Å². The zero-order valence-electron chi connectivity index (χ0n) is 11.0. The predicted molar refractivity (Wildman–Crippen MR) is 70.7 cm³/mol. The molecule has 19 heavy (non-hydrogen) atoms. The molecule has 2 amide bonds. The Labute approximate surface area is 112 Å². The highest BCUT2D eigenvalue weighted by Crippen LogP contribution is 2.10. The van der Waals surface area contributed by atoms with E-state index in [9.17, 15) is 9.59 Å². The molecule has 5 heteroatoms. The Morgan fingerprint density at radius 3 is 3.11 bits per heavy atom. The lowest BCUT2D eigenvalue weighted by molar-refractivity contribution is -0.121. The van der Waals surface area contributed by atoms with Crippen molar-refractivity contribution in [1.82, 2.24) is 10.2 Å². The van der Waals surface area contributed by atoms with Crippen LogP contribution in [-0.2, 0) is 16.1 Å². The first kappa shape index (κ1) is 13.5. The molecule has 0 bridgehead atoms. The molecule has 0 unspecified atom stereocenters. The summed E-state index contributed by atoms with van der Waals surface area (Å²) in [5, 5.41) is 2.76. The van der Waals surface area contributed by atoms with Crippen molar-refractivity contribution >= 4 is 11.8 Å². The van der Waals surface area contributed by atoms with E-state index in [4.69, 9.17) is 4.74 Å². The maximum atomic E-state index is 12.4. The second-order valence-corrected chi connectivity index (χ2v) is 4.56. The number of rotatable bonds is 3. The van der Waals surface area contributed by atoms with E-state index in [1.807, 2.05) is 18.2 Å². The first-order chi connectivity index (χ1) is 9.20. The van der Waals surface area contributed by atoms with Gasteiger partial charge in [-0.15, -0.1) is 0 Å². The molecule has 1 saturated heterocycles. The van der Waals surface area contributed by atoms with Crippen LogP contribution in [0.2, 0.25) is 0 Å². The van der Waals surface area contributed by atoms with E-state index < -0.39 is 0 Å². The van der Waals surface area contributed by atoms with Crippen molar-refractivity contribution in [3.8, 4) is 0 Å². The van der Waals surface area contributed by atoms with E-state index in [-0.39, 0.29) is 18.4 Å². The molecule has 1 aromatic rings. The minimum Gasteiger partial charge on any atom is -0.380 e. The monoisotopic (exact) mass is 262 g/mol. The van der Waals surface area contributed by atoms with Crippen molar-refractivity contribution < 1.29 is 14.3 Å². The van der Waals surface area contributed by atoms with Gasteiger partial charge in [-0.3, -0.25) is 9.59 Å². The number of nitrogens with zero attached hydrogens (tertiary/aromatic N) is 1. The van der Waals surface area contributed by atoms with Crippen molar-refractivity contribution in [1.29, 1.82) is 0 Å². The smallest absolute Gasteiger partial charge is 0.254 e. The molecule has 1 aliphatic heterocycles. The van der Waals surface area contributed by atoms with E-state index in [1.165, 1.54) is 0 Å². The van der Waals surface area contributed by atoms with Crippen molar-refractivity contribution in [2.24, 2.45) is 0 Å². The summed E-state index contributed by atoms with van der Waals surface area (Å²) in [5.74, 6) is -0.200. The fourth-order valence-corrected chi connectivity index (χ4v) is 2.12. The van der Waals surface area contributed by atoms with Gasteiger partial charge in [-0.1, -0.05) is 12.1 Å². The summed E-state index contributed by atoms with van der Waals surface area (Å²) in [6, 6.07) is 7.33. The molecule has 0 aliphatic carbocycles. The molecule has 0 saturated carbocycles. The van der Waals surface area contributed by atoms with Crippen LogP contribution in [-0.4, -0.2) is 43.5 Å². The maximum absolute atomic E-state index is 12.4. The predicted octanol–water partition coefficient (Wildman–Crippen LogP) is 0.795. The average molecular weight is 262 g/mol. The van der Waals surface area contributed by atoms with Gasteiger partial charge in [0, 0.05) is 25.8 Å². The van der Waals surface area contributed by atoms with Gasteiger partial charge in [0.05, 0.1) is 13.2 Å². The van der Waals surface area contributed by atoms with Crippen molar-refractivity contribution in [2.45, 2.75) is 13.0 Å². The number of nitrogens with one attached hydrogen (secondary N) is 1. The molecular weight excluding hydrogens is 244 g/mol. The normalized spacial score (nSPS) is 15.8. The third-order valence-corrected chi connectivity index (χ3v) is 3.03. The highest BCUT2D eigenvalue weighted by atomic mass is 16.5. The van der Waals surface area contributed by atoms with Gasteiger partial charge in [-0.25, -0.2) is 0 Å². The van der Waals surface area contributed by atoms with E-state index in [0.29, 0.717) is 25.3 Å². The third kappa shape index (κ3) is 3.54. The van der Waals surface area contributed by atoms with E-state index in [2.05, 4.69) is 5.32 Å². The van der Waals surface area contributed by atoms with Crippen LogP contribution >= 0.6 is 0 Å². The van der Waals surface area contributed by atoms with Gasteiger partial charge in [-0.05, 0) is 24.1 Å². The van der Waals surface area contributed by atoms with Gasteiger partial charge in [-0.2, -0.15) is 0 Å². The molecule has 0 radical (unpaired) electrons. The lowest BCUT2D eigenvalue weighted by Crippen LogP contribution is -2.37. The Morgan fingerprint density at radius 2 is 2.32 bits per heavy atom. The molecule has 1 heterocycles. The molecule has 1 N–H and O–H groups in total. The van der Waals surface area contributed by atoms with Crippen molar-refractivity contribution in [3.05, 3.63) is 35.4 Å². The second kappa shape index (κ2) is 6.33. The molecular formula is C14H18N2O3. The summed E-state index contributed by atoms with van der Waals surface area (Å²) in [7, 11) is 1.62. The van der Waals surface area contributed by atoms with Crippen LogP contribution in [0.25, 0.3) is 0 Å². The number of hydrogen-bond acceptors (Lipinski definition) is 3. The van der Waals surface area contributed by atoms with Crippen molar-refractivity contribution in [2.75, 3.05) is 26.7 Å². The fraction of sp³-hybridized carbons (Fsp3) is 0.429. The Balaban J connectivity index is 2.13. The van der Waals surface area contributed by atoms with Crippen LogP contribution in [0.1, 0.15) is 22.3 Å². The molecule has 0 atom stereocenters. The Bertz CT molecular complexity index is 474. The first-order valence-electron chi connectivity index (χ1n) is 6.34. The minimum absolute atomic E-state index is 0.0982. The topological polar surface area (TPSA) is 58.6 Å². The van der Waals surface area contributed by atoms with Gasteiger partial charge in [0.1, 0.15) is 0 Å². The van der Waals surface area contributed by atoms with Gasteiger partial charge in [0.25, 0.3) is 5.91 Å². The molecule has 1 aliphatic rings. The summed E-state index contributed by atoms with van der Waals surface area (Å²) in [6.45, 7) is 1.84. The van der Waals surface area contributed by atoms with Gasteiger partial charge >= 0.3 is 0 Å². The lowest BCUT2D eigenvalue weighted by atomic mass is 10.1. The lowest BCUT2D eigenvalue weighted by Gasteiger charge is -2.19. The average Bonchev–Trinajstić information content (AvgIpc) is 2.63. The largest absolute Gasteiger partial charge is 0.380 e. The number of amides is 2. The van der Waals surface area contributed by atoms with Gasteiger partial charge < -0.3 is 15.0 Å². The number of hydrogen-bond donors (Lipinski definition) is 1. The molecule has 0 aromatic heterocycles. The Hall–Kier alpha value is -1.88. The molecule has 5 nitrogen and oxygen atoms in total. The summed E-state index contributed by atoms with van der Waals surface area (Å²) in [5.41, 5.74) is 1.55. The minimum atomic E-state index is -0.102. The molecule has 1 aromatic carbocycles. The number of carbonyl (C=O) groups excluding carboxylic acids is 2. The number of carbonyl (C=O) groups is 2. The molecule has 1 fully saturated rings. The highest BCUT2D eigenvalue weighted by Gasteiger charge is 2.20. The SMILES string of the molecule is COCc1cccc(C(=O)N2CCCNC(=O)C2)c1. The molecule has 102 valence electrons. The van der Waals surface area contributed by atoms with Crippen molar-refractivity contribution in [3.63, 3.8) is 0 Å². The second-order valence-electron chi connectivity index (χ2n) is 4.56. The number of ether oxygens (including phenoxy) is 1. The standard InChI is InChI=1S/C14H18N2O3/c1-19-10-11-4-2-5-12(8-11)14(18)16-7-3-6-15-13(17)9-16/h2,4-5,8H,3,6-7,9-10H2,1H3,(H,15,17).